The van der Waals surface area contributed by atoms with Crippen molar-refractivity contribution in [2.24, 2.45) is 0 Å². The van der Waals surface area contributed by atoms with E-state index in [4.69, 9.17) is 14.5 Å². The van der Waals surface area contributed by atoms with Gasteiger partial charge in [-0.1, -0.05) is 29.5 Å². The van der Waals surface area contributed by atoms with Crippen LogP contribution in [0.3, 0.4) is 0 Å². The van der Waals surface area contributed by atoms with Crippen molar-refractivity contribution >= 4 is 32.6 Å². The van der Waals surface area contributed by atoms with Gasteiger partial charge >= 0.3 is 0 Å². The second-order valence-electron chi connectivity index (χ2n) is 6.74. The summed E-state index contributed by atoms with van der Waals surface area (Å²) < 4.78 is 12.0. The van der Waals surface area contributed by atoms with Gasteiger partial charge in [-0.25, -0.2) is 4.98 Å². The highest BCUT2D eigenvalue weighted by Crippen LogP contribution is 2.36. The van der Waals surface area contributed by atoms with Gasteiger partial charge in [0.15, 0.2) is 5.13 Å². The summed E-state index contributed by atoms with van der Waals surface area (Å²) in [5.41, 5.74) is 2.72. The Labute approximate surface area is 168 Å². The molecule has 0 aliphatic carbocycles. The van der Waals surface area contributed by atoms with E-state index in [2.05, 4.69) is 17.9 Å². The zero-order chi connectivity index (χ0) is 19.7. The maximum Gasteiger partial charge on any atom is 0.257 e. The van der Waals surface area contributed by atoms with Crippen LogP contribution in [0.15, 0.2) is 36.4 Å². The van der Waals surface area contributed by atoms with Crippen molar-refractivity contribution < 1.29 is 14.3 Å². The third kappa shape index (κ3) is 3.26. The second-order valence-corrected chi connectivity index (χ2v) is 7.72. The van der Waals surface area contributed by atoms with Crippen LogP contribution in [-0.4, -0.2) is 56.2 Å². The summed E-state index contributed by atoms with van der Waals surface area (Å²) in [4.78, 5) is 21.8. The van der Waals surface area contributed by atoms with Crippen LogP contribution in [0.4, 0.5) is 5.13 Å². The first kappa shape index (κ1) is 18.6. The number of ether oxygens (including phenoxy) is 2. The van der Waals surface area contributed by atoms with Gasteiger partial charge in [0.1, 0.15) is 17.0 Å². The van der Waals surface area contributed by atoms with Crippen molar-refractivity contribution in [2.75, 3.05) is 45.3 Å². The summed E-state index contributed by atoms with van der Waals surface area (Å²) in [6.07, 6.45) is 0. The van der Waals surface area contributed by atoms with Crippen molar-refractivity contribution in [3.8, 4) is 11.5 Å². The van der Waals surface area contributed by atoms with Gasteiger partial charge in [-0.05, 0) is 30.7 Å². The minimum Gasteiger partial charge on any atom is -0.496 e. The van der Waals surface area contributed by atoms with Crippen LogP contribution < -0.4 is 14.4 Å². The van der Waals surface area contributed by atoms with E-state index in [0.717, 1.165) is 34.2 Å². The number of para-hydroxylation sites is 1. The molecule has 1 aromatic heterocycles. The molecule has 2 aromatic carbocycles. The molecule has 7 heteroatoms. The zero-order valence-electron chi connectivity index (χ0n) is 16.3. The van der Waals surface area contributed by atoms with Crippen molar-refractivity contribution in [2.45, 2.75) is 6.92 Å². The largest absolute Gasteiger partial charge is 0.496 e. The van der Waals surface area contributed by atoms with E-state index >= 15 is 0 Å². The minimum atomic E-state index is 0.0129. The number of anilines is 1. The van der Waals surface area contributed by atoms with Gasteiger partial charge < -0.3 is 19.3 Å². The van der Waals surface area contributed by atoms with Crippen LogP contribution in [0.1, 0.15) is 15.9 Å². The quantitative estimate of drug-likeness (QED) is 0.674. The summed E-state index contributed by atoms with van der Waals surface area (Å²) in [5, 5.41) is 0.979. The number of hydrogen-bond donors (Lipinski definition) is 0. The lowest BCUT2D eigenvalue weighted by molar-refractivity contribution is 0.0743. The lowest BCUT2D eigenvalue weighted by atomic mass is 10.1. The Hall–Kier alpha value is -2.80. The maximum absolute atomic E-state index is 12.9. The van der Waals surface area contributed by atoms with Gasteiger partial charge in [0.25, 0.3) is 5.91 Å². The molecule has 28 heavy (non-hydrogen) atoms. The summed E-state index contributed by atoms with van der Waals surface area (Å²) in [5.74, 6) is 1.43. The number of aromatic nitrogens is 1. The van der Waals surface area contributed by atoms with Crippen LogP contribution in [0.5, 0.6) is 11.5 Å². The van der Waals surface area contributed by atoms with E-state index in [1.54, 1.807) is 25.6 Å². The van der Waals surface area contributed by atoms with E-state index in [1.807, 2.05) is 35.2 Å². The fraction of sp³-hybridized carbons (Fsp3) is 0.333. The number of rotatable bonds is 4. The normalized spacial score (nSPS) is 14.4. The molecule has 146 valence electrons. The van der Waals surface area contributed by atoms with Crippen LogP contribution in [-0.2, 0) is 0 Å². The van der Waals surface area contributed by atoms with Gasteiger partial charge in [-0.2, -0.15) is 0 Å². The number of thiazole rings is 1. The molecule has 1 saturated heterocycles. The number of hydrogen-bond acceptors (Lipinski definition) is 6. The summed E-state index contributed by atoms with van der Waals surface area (Å²) >= 11 is 1.68. The summed E-state index contributed by atoms with van der Waals surface area (Å²) in [6.45, 7) is 4.91. The number of fused-ring (bicyclic) bond motifs is 1. The number of aryl methyl sites for hydroxylation is 1. The first-order valence-electron chi connectivity index (χ1n) is 9.23. The Morgan fingerprint density at radius 2 is 1.71 bits per heavy atom. The van der Waals surface area contributed by atoms with Crippen LogP contribution >= 0.6 is 11.3 Å². The molecule has 0 bridgehead atoms. The standard InChI is InChI=1S/C21H23N3O3S/c1-14-8-9-17(27-3)18-19(14)28-21(22-18)24-12-10-23(11-13-24)20(25)15-6-4-5-7-16(15)26-2/h4-9H,10-13H2,1-3H3. The predicted octanol–water partition coefficient (Wildman–Crippen LogP) is 3.58. The monoisotopic (exact) mass is 397 g/mol. The SMILES string of the molecule is COc1ccccc1C(=O)N1CCN(c2nc3c(OC)ccc(C)c3s2)CC1. The van der Waals surface area contributed by atoms with Gasteiger partial charge in [0.2, 0.25) is 0 Å². The third-order valence-corrected chi connectivity index (χ3v) is 6.34. The lowest BCUT2D eigenvalue weighted by Crippen LogP contribution is -2.48. The number of methoxy groups -OCH3 is 2. The molecule has 0 unspecified atom stereocenters. The molecule has 4 rings (SSSR count). The number of carbonyl (C=O) groups is 1. The highest BCUT2D eigenvalue weighted by molar-refractivity contribution is 7.22. The second kappa shape index (κ2) is 7.67. The van der Waals surface area contributed by atoms with Crippen molar-refractivity contribution in [1.82, 2.24) is 9.88 Å². The molecule has 1 fully saturated rings. The number of amides is 1. The van der Waals surface area contributed by atoms with Crippen LogP contribution in [0.25, 0.3) is 10.2 Å². The van der Waals surface area contributed by atoms with E-state index in [0.29, 0.717) is 24.4 Å². The third-order valence-electron chi connectivity index (χ3n) is 5.09. The Bertz CT molecular complexity index is 1010. The first-order chi connectivity index (χ1) is 13.6. The van der Waals surface area contributed by atoms with Crippen molar-refractivity contribution in [1.29, 1.82) is 0 Å². The lowest BCUT2D eigenvalue weighted by Gasteiger charge is -2.34. The molecule has 0 spiro atoms. The average Bonchev–Trinajstić information content (AvgIpc) is 3.20. The molecule has 0 radical (unpaired) electrons. The van der Waals surface area contributed by atoms with Gasteiger partial charge in [0, 0.05) is 26.2 Å². The smallest absolute Gasteiger partial charge is 0.257 e. The molecule has 0 atom stereocenters. The van der Waals surface area contributed by atoms with E-state index < -0.39 is 0 Å². The topological polar surface area (TPSA) is 54.9 Å². The fourth-order valence-corrected chi connectivity index (χ4v) is 4.59. The molecule has 0 saturated carbocycles. The molecule has 3 aromatic rings. The molecule has 1 aliphatic rings. The highest BCUT2D eigenvalue weighted by Gasteiger charge is 2.26. The molecular weight excluding hydrogens is 374 g/mol. The van der Waals surface area contributed by atoms with Gasteiger partial charge in [-0.3, -0.25) is 4.79 Å². The average molecular weight is 398 g/mol. The van der Waals surface area contributed by atoms with Gasteiger partial charge in [-0.15, -0.1) is 0 Å². The van der Waals surface area contributed by atoms with Crippen LogP contribution in [0.2, 0.25) is 0 Å². The first-order valence-corrected chi connectivity index (χ1v) is 10.1. The van der Waals surface area contributed by atoms with Gasteiger partial charge in [0.05, 0.1) is 24.5 Å². The summed E-state index contributed by atoms with van der Waals surface area (Å²) in [6, 6.07) is 11.4. The minimum absolute atomic E-state index is 0.0129. The molecular formula is C21H23N3O3S. The molecule has 6 nitrogen and oxygen atoms in total. The molecule has 0 N–H and O–H groups in total. The summed E-state index contributed by atoms with van der Waals surface area (Å²) in [7, 11) is 3.26. The Balaban J connectivity index is 1.51. The number of carbonyl (C=O) groups excluding carboxylic acids is 1. The number of benzene rings is 2. The van der Waals surface area contributed by atoms with E-state index in [1.165, 1.54) is 5.56 Å². The maximum atomic E-state index is 12.9. The fourth-order valence-electron chi connectivity index (χ4n) is 3.49. The highest BCUT2D eigenvalue weighted by atomic mass is 32.1. The number of piperazine rings is 1. The predicted molar refractivity (Wildman–Crippen MR) is 112 cm³/mol. The van der Waals surface area contributed by atoms with Crippen molar-refractivity contribution in [3.05, 3.63) is 47.5 Å². The zero-order valence-corrected chi connectivity index (χ0v) is 17.1. The molecule has 1 aliphatic heterocycles. The molecule has 2 heterocycles. The van der Waals surface area contributed by atoms with E-state index in [-0.39, 0.29) is 5.91 Å². The molecule has 1 amide bonds. The Morgan fingerprint density at radius 1 is 1.00 bits per heavy atom. The van der Waals surface area contributed by atoms with Crippen LogP contribution in [0, 0.1) is 6.92 Å². The Morgan fingerprint density at radius 3 is 2.43 bits per heavy atom. The number of nitrogens with zero attached hydrogens (tertiary/aromatic N) is 3. The van der Waals surface area contributed by atoms with E-state index in [9.17, 15) is 4.79 Å². The Kier molecular flexibility index (Phi) is 5.09. The van der Waals surface area contributed by atoms with Crippen molar-refractivity contribution in [3.63, 3.8) is 0 Å².